The molecule has 1 aromatic heterocycles. The van der Waals surface area contributed by atoms with Crippen molar-refractivity contribution >= 4 is 23.3 Å². The maximum absolute atomic E-state index is 11.2. The van der Waals surface area contributed by atoms with Crippen LogP contribution >= 0.6 is 11.3 Å². The lowest BCUT2D eigenvalue weighted by molar-refractivity contribution is -0.116. The summed E-state index contributed by atoms with van der Waals surface area (Å²) in [5.74, 6) is 0.0219. The number of nitrogens with one attached hydrogen (secondary N) is 1. The summed E-state index contributed by atoms with van der Waals surface area (Å²) in [6.45, 7) is 0. The SMILES string of the molecule is O=C(/C=C/c1ccsc1)NC1CC1. The second-order valence-electron chi connectivity index (χ2n) is 3.17. The lowest BCUT2D eigenvalue weighted by Gasteiger charge is -1.95. The maximum atomic E-state index is 11.2. The number of carbonyl (C=O) groups is 1. The smallest absolute Gasteiger partial charge is 0.244 e. The van der Waals surface area contributed by atoms with Gasteiger partial charge in [-0.25, -0.2) is 0 Å². The minimum Gasteiger partial charge on any atom is -0.350 e. The van der Waals surface area contributed by atoms with Crippen LogP contribution in [-0.2, 0) is 4.79 Å². The molecular weight excluding hydrogens is 182 g/mol. The van der Waals surface area contributed by atoms with Gasteiger partial charge in [0.05, 0.1) is 0 Å². The van der Waals surface area contributed by atoms with Crippen LogP contribution in [0.3, 0.4) is 0 Å². The first kappa shape index (κ1) is 8.51. The number of carbonyl (C=O) groups excluding carboxylic acids is 1. The van der Waals surface area contributed by atoms with E-state index in [0.29, 0.717) is 6.04 Å². The molecule has 68 valence electrons. The molecule has 0 unspecified atom stereocenters. The molecule has 1 heterocycles. The second-order valence-corrected chi connectivity index (χ2v) is 3.95. The fourth-order valence-electron chi connectivity index (χ4n) is 1.02. The van der Waals surface area contributed by atoms with Crippen LogP contribution in [0.4, 0.5) is 0 Å². The number of rotatable bonds is 3. The van der Waals surface area contributed by atoms with Gasteiger partial charge in [-0.15, -0.1) is 0 Å². The van der Waals surface area contributed by atoms with Gasteiger partial charge in [0.1, 0.15) is 0 Å². The van der Waals surface area contributed by atoms with E-state index in [2.05, 4.69) is 5.32 Å². The molecule has 0 aliphatic heterocycles. The minimum atomic E-state index is 0.0219. The molecule has 0 atom stereocenters. The van der Waals surface area contributed by atoms with Crippen molar-refractivity contribution < 1.29 is 4.79 Å². The fraction of sp³-hybridized carbons (Fsp3) is 0.300. The summed E-state index contributed by atoms with van der Waals surface area (Å²) in [5.41, 5.74) is 1.09. The van der Waals surface area contributed by atoms with Crippen LogP contribution in [-0.4, -0.2) is 11.9 Å². The van der Waals surface area contributed by atoms with Gasteiger partial charge in [-0.3, -0.25) is 4.79 Å². The molecule has 13 heavy (non-hydrogen) atoms. The summed E-state index contributed by atoms with van der Waals surface area (Å²) in [4.78, 5) is 11.2. The summed E-state index contributed by atoms with van der Waals surface area (Å²) < 4.78 is 0. The highest BCUT2D eigenvalue weighted by atomic mass is 32.1. The van der Waals surface area contributed by atoms with E-state index in [9.17, 15) is 4.79 Å². The highest BCUT2D eigenvalue weighted by Crippen LogP contribution is 2.18. The molecule has 1 aromatic rings. The average molecular weight is 193 g/mol. The Kier molecular flexibility index (Phi) is 2.45. The van der Waals surface area contributed by atoms with Crippen molar-refractivity contribution in [3.63, 3.8) is 0 Å². The number of amides is 1. The summed E-state index contributed by atoms with van der Waals surface area (Å²) in [6.07, 6.45) is 5.71. The van der Waals surface area contributed by atoms with E-state index in [1.807, 2.05) is 22.9 Å². The monoisotopic (exact) mass is 193 g/mol. The first-order valence-corrected chi connectivity index (χ1v) is 5.29. The fourth-order valence-corrected chi connectivity index (χ4v) is 1.65. The van der Waals surface area contributed by atoms with Crippen molar-refractivity contribution in [2.24, 2.45) is 0 Å². The average Bonchev–Trinajstić information content (AvgIpc) is 2.78. The zero-order valence-corrected chi connectivity index (χ0v) is 8.01. The number of hydrogen-bond acceptors (Lipinski definition) is 2. The molecule has 1 aliphatic carbocycles. The molecule has 1 fully saturated rings. The molecule has 1 saturated carbocycles. The summed E-state index contributed by atoms with van der Waals surface area (Å²) in [5, 5.41) is 6.91. The van der Waals surface area contributed by atoms with Crippen LogP contribution in [0.25, 0.3) is 6.08 Å². The Morgan fingerprint density at radius 3 is 3.08 bits per heavy atom. The van der Waals surface area contributed by atoms with Gasteiger partial charge in [0, 0.05) is 12.1 Å². The molecule has 0 spiro atoms. The van der Waals surface area contributed by atoms with Gasteiger partial charge in [-0.05, 0) is 41.3 Å². The molecule has 0 saturated heterocycles. The molecule has 1 aliphatic rings. The van der Waals surface area contributed by atoms with Crippen molar-refractivity contribution in [2.45, 2.75) is 18.9 Å². The Morgan fingerprint density at radius 1 is 1.62 bits per heavy atom. The summed E-state index contributed by atoms with van der Waals surface area (Å²) >= 11 is 1.63. The van der Waals surface area contributed by atoms with Crippen molar-refractivity contribution in [3.05, 3.63) is 28.5 Å². The van der Waals surface area contributed by atoms with Crippen molar-refractivity contribution in [1.82, 2.24) is 5.32 Å². The topological polar surface area (TPSA) is 29.1 Å². The van der Waals surface area contributed by atoms with Crippen LogP contribution < -0.4 is 5.32 Å². The van der Waals surface area contributed by atoms with Gasteiger partial charge in [0.2, 0.25) is 5.91 Å². The van der Waals surface area contributed by atoms with Crippen LogP contribution in [0.15, 0.2) is 22.9 Å². The van der Waals surface area contributed by atoms with E-state index in [4.69, 9.17) is 0 Å². The van der Waals surface area contributed by atoms with Gasteiger partial charge in [-0.2, -0.15) is 11.3 Å². The predicted octanol–water partition coefficient (Wildman–Crippen LogP) is 2.04. The lowest BCUT2D eigenvalue weighted by atomic mass is 10.3. The molecule has 0 aromatic carbocycles. The van der Waals surface area contributed by atoms with E-state index < -0.39 is 0 Å². The molecule has 2 nitrogen and oxygen atoms in total. The van der Waals surface area contributed by atoms with Gasteiger partial charge in [-0.1, -0.05) is 0 Å². The van der Waals surface area contributed by atoms with Crippen LogP contribution in [0.5, 0.6) is 0 Å². The van der Waals surface area contributed by atoms with E-state index in [1.54, 1.807) is 17.4 Å². The first-order valence-electron chi connectivity index (χ1n) is 4.35. The van der Waals surface area contributed by atoms with Crippen LogP contribution in [0, 0.1) is 0 Å². The predicted molar refractivity (Wildman–Crippen MR) is 54.5 cm³/mol. The van der Waals surface area contributed by atoms with Crippen LogP contribution in [0.1, 0.15) is 18.4 Å². The standard InChI is InChI=1S/C10H11NOS/c12-10(11-9-2-3-9)4-1-8-5-6-13-7-8/h1,4-7,9H,2-3H2,(H,11,12)/b4-1+. The Hall–Kier alpha value is -1.09. The Morgan fingerprint density at radius 2 is 2.46 bits per heavy atom. The third-order valence-electron chi connectivity index (χ3n) is 1.89. The molecule has 3 heteroatoms. The Labute approximate surface area is 81.3 Å². The van der Waals surface area contributed by atoms with E-state index in [1.165, 1.54) is 0 Å². The Bertz CT molecular complexity index is 312. The van der Waals surface area contributed by atoms with Gasteiger partial charge >= 0.3 is 0 Å². The second kappa shape index (κ2) is 3.75. The zero-order valence-electron chi connectivity index (χ0n) is 7.19. The number of hydrogen-bond donors (Lipinski definition) is 1. The highest BCUT2D eigenvalue weighted by Gasteiger charge is 2.21. The quantitative estimate of drug-likeness (QED) is 0.731. The van der Waals surface area contributed by atoms with Gasteiger partial charge in [0.25, 0.3) is 0 Å². The maximum Gasteiger partial charge on any atom is 0.244 e. The largest absolute Gasteiger partial charge is 0.350 e. The molecular formula is C10H11NOS. The van der Waals surface area contributed by atoms with Gasteiger partial charge in [0.15, 0.2) is 0 Å². The minimum absolute atomic E-state index is 0.0219. The van der Waals surface area contributed by atoms with Crippen molar-refractivity contribution in [2.75, 3.05) is 0 Å². The summed E-state index contributed by atoms with van der Waals surface area (Å²) in [6, 6.07) is 2.44. The Balaban J connectivity index is 1.85. The lowest BCUT2D eigenvalue weighted by Crippen LogP contribution is -2.22. The summed E-state index contributed by atoms with van der Waals surface area (Å²) in [7, 11) is 0. The zero-order chi connectivity index (χ0) is 9.10. The van der Waals surface area contributed by atoms with E-state index in [0.717, 1.165) is 18.4 Å². The normalized spacial score (nSPS) is 16.3. The molecule has 1 N–H and O–H groups in total. The molecule has 0 radical (unpaired) electrons. The third-order valence-corrected chi connectivity index (χ3v) is 2.60. The van der Waals surface area contributed by atoms with Crippen LogP contribution in [0.2, 0.25) is 0 Å². The van der Waals surface area contributed by atoms with E-state index >= 15 is 0 Å². The molecule has 0 bridgehead atoms. The number of thiophene rings is 1. The first-order chi connectivity index (χ1) is 6.34. The van der Waals surface area contributed by atoms with Crippen molar-refractivity contribution in [1.29, 1.82) is 0 Å². The van der Waals surface area contributed by atoms with Gasteiger partial charge < -0.3 is 5.32 Å². The van der Waals surface area contributed by atoms with E-state index in [-0.39, 0.29) is 5.91 Å². The highest BCUT2D eigenvalue weighted by molar-refractivity contribution is 7.08. The molecule has 2 rings (SSSR count). The van der Waals surface area contributed by atoms with Crippen molar-refractivity contribution in [3.8, 4) is 0 Å². The molecule has 1 amide bonds. The third kappa shape index (κ3) is 2.70.